The number of amides is 2. The predicted octanol–water partition coefficient (Wildman–Crippen LogP) is 5.77. The Morgan fingerprint density at radius 2 is 1.62 bits per heavy atom. The van der Waals surface area contributed by atoms with E-state index in [1.54, 1.807) is 6.07 Å². The molecule has 3 aromatic carbocycles. The smallest absolute Gasteiger partial charge is 0.383 e. The summed E-state index contributed by atoms with van der Waals surface area (Å²) >= 11 is 0. The first-order valence-electron chi connectivity index (χ1n) is 11.2. The number of ether oxygens (including phenoxy) is 1. The van der Waals surface area contributed by atoms with Crippen molar-refractivity contribution in [3.8, 4) is 5.75 Å². The molecule has 0 saturated carbocycles. The van der Waals surface area contributed by atoms with Crippen LogP contribution in [0.25, 0.3) is 0 Å². The van der Waals surface area contributed by atoms with Crippen molar-refractivity contribution in [2.75, 3.05) is 25.6 Å². The van der Waals surface area contributed by atoms with Crippen LogP contribution >= 0.6 is 0 Å². The number of hydrogen-bond donors (Lipinski definition) is 1. The van der Waals surface area contributed by atoms with E-state index in [4.69, 9.17) is 8.92 Å². The normalized spacial score (nSPS) is 11.7. The van der Waals surface area contributed by atoms with Gasteiger partial charge in [-0.1, -0.05) is 36.4 Å². The molecule has 7 nitrogen and oxygen atoms in total. The third-order valence-corrected chi connectivity index (χ3v) is 6.74. The van der Waals surface area contributed by atoms with E-state index in [9.17, 15) is 26.4 Å². The van der Waals surface area contributed by atoms with Gasteiger partial charge in [0.25, 0.3) is 0 Å². The first-order valence-corrected chi connectivity index (χ1v) is 12.6. The number of hydrogen-bond acceptors (Lipinski definition) is 5. The number of alkyl halides is 3. The third kappa shape index (κ3) is 7.46. The summed E-state index contributed by atoms with van der Waals surface area (Å²) in [7, 11) is -3.03. The maximum atomic E-state index is 13.1. The number of rotatable bonds is 9. The molecule has 0 atom stereocenters. The lowest BCUT2D eigenvalue weighted by Gasteiger charge is -2.24. The minimum atomic E-state index is -4.70. The molecule has 37 heavy (non-hydrogen) atoms. The Bertz CT molecular complexity index is 1340. The predicted molar refractivity (Wildman–Crippen MR) is 133 cm³/mol. The van der Waals surface area contributed by atoms with Gasteiger partial charge in [0, 0.05) is 25.9 Å². The summed E-state index contributed by atoms with van der Waals surface area (Å²) in [4.78, 5) is 14.0. The molecule has 11 heteroatoms. The number of benzene rings is 3. The van der Waals surface area contributed by atoms with Gasteiger partial charge in [0.1, 0.15) is 10.6 Å². The summed E-state index contributed by atoms with van der Waals surface area (Å²) in [5.74, 6) is -0.100. The van der Waals surface area contributed by atoms with Crippen LogP contribution < -0.4 is 9.50 Å². The van der Waals surface area contributed by atoms with Crippen LogP contribution in [0, 0.1) is 13.8 Å². The van der Waals surface area contributed by atoms with E-state index in [-0.39, 0.29) is 31.5 Å². The van der Waals surface area contributed by atoms with E-state index in [1.807, 2.05) is 32.0 Å². The number of nitrogens with zero attached hydrogens (tertiary/aromatic N) is 1. The Labute approximate surface area is 213 Å². The van der Waals surface area contributed by atoms with Crippen LogP contribution in [0.5, 0.6) is 5.75 Å². The van der Waals surface area contributed by atoms with Crippen molar-refractivity contribution in [3.05, 3.63) is 89.0 Å². The molecule has 0 fully saturated rings. The van der Waals surface area contributed by atoms with Gasteiger partial charge < -0.3 is 19.1 Å². The molecule has 0 spiro atoms. The zero-order chi connectivity index (χ0) is 27.2. The molecule has 0 unspecified atom stereocenters. The topological polar surface area (TPSA) is 84.9 Å². The van der Waals surface area contributed by atoms with Gasteiger partial charge in [0.05, 0.1) is 12.2 Å². The van der Waals surface area contributed by atoms with E-state index in [0.717, 1.165) is 29.3 Å². The van der Waals surface area contributed by atoms with Crippen molar-refractivity contribution < 1.29 is 35.3 Å². The number of carbonyl (C=O) groups is 1. The number of para-hydroxylation sites is 1. The second-order valence-corrected chi connectivity index (χ2v) is 9.87. The Hall–Kier alpha value is -3.57. The first-order chi connectivity index (χ1) is 17.4. The molecule has 1 N–H and O–H groups in total. The Kier molecular flexibility index (Phi) is 8.82. The highest BCUT2D eigenvalue weighted by Gasteiger charge is 2.32. The highest BCUT2D eigenvalue weighted by atomic mass is 32.2. The van der Waals surface area contributed by atoms with Gasteiger partial charge in [-0.2, -0.15) is 21.6 Å². The van der Waals surface area contributed by atoms with Crippen molar-refractivity contribution in [1.29, 1.82) is 0 Å². The fourth-order valence-corrected chi connectivity index (χ4v) is 4.54. The van der Waals surface area contributed by atoms with Gasteiger partial charge in [-0.3, -0.25) is 0 Å². The number of nitrogens with one attached hydrogen (secondary N) is 1. The highest BCUT2D eigenvalue weighted by molar-refractivity contribution is 7.87. The number of urea groups is 1. The molecule has 0 aliphatic rings. The zero-order valence-electron chi connectivity index (χ0n) is 20.5. The minimum absolute atomic E-state index is 0.0981. The van der Waals surface area contributed by atoms with Crippen LogP contribution in [0.1, 0.15) is 22.3 Å². The molecule has 2 amide bonds. The van der Waals surface area contributed by atoms with E-state index < -0.39 is 26.8 Å². The maximum Gasteiger partial charge on any atom is 0.416 e. The lowest BCUT2D eigenvalue weighted by Crippen LogP contribution is -2.37. The van der Waals surface area contributed by atoms with Crippen molar-refractivity contribution >= 4 is 21.8 Å². The number of anilines is 1. The summed E-state index contributed by atoms with van der Waals surface area (Å²) in [6.07, 6.45) is -4.70. The van der Waals surface area contributed by atoms with Gasteiger partial charge in [0.2, 0.25) is 0 Å². The van der Waals surface area contributed by atoms with Gasteiger partial charge in [-0.05, 0) is 60.9 Å². The van der Waals surface area contributed by atoms with Gasteiger partial charge in [-0.25, -0.2) is 4.79 Å². The van der Waals surface area contributed by atoms with Crippen LogP contribution in [-0.4, -0.2) is 39.6 Å². The van der Waals surface area contributed by atoms with E-state index in [2.05, 4.69) is 5.32 Å². The third-order valence-electron chi connectivity index (χ3n) is 5.49. The van der Waals surface area contributed by atoms with Crippen LogP contribution in [0.3, 0.4) is 0 Å². The summed E-state index contributed by atoms with van der Waals surface area (Å²) in [6, 6.07) is 14.6. The van der Waals surface area contributed by atoms with Crippen molar-refractivity contribution in [1.82, 2.24) is 4.90 Å². The average Bonchev–Trinajstić information content (AvgIpc) is 2.83. The van der Waals surface area contributed by atoms with Crippen LogP contribution in [0.2, 0.25) is 0 Å². The second-order valence-electron chi connectivity index (χ2n) is 8.32. The van der Waals surface area contributed by atoms with Crippen LogP contribution in [-0.2, 0) is 27.6 Å². The molecule has 0 heterocycles. The summed E-state index contributed by atoms with van der Waals surface area (Å²) in [6.45, 7) is 4.38. The summed E-state index contributed by atoms with van der Waals surface area (Å²) in [5.41, 5.74) is 1.93. The average molecular weight is 537 g/mol. The molecular formula is C26H27F3N2O5S. The largest absolute Gasteiger partial charge is 0.416 e. The fraction of sp³-hybridized carbons (Fsp3) is 0.269. The van der Waals surface area contributed by atoms with Gasteiger partial charge >= 0.3 is 22.3 Å². The van der Waals surface area contributed by atoms with Gasteiger partial charge in [0.15, 0.2) is 0 Å². The van der Waals surface area contributed by atoms with Crippen molar-refractivity contribution in [2.45, 2.75) is 31.5 Å². The first kappa shape index (κ1) is 28.0. The highest BCUT2D eigenvalue weighted by Crippen LogP contribution is 2.31. The SMILES string of the molecule is COCCN(Cc1cccc(OS(=O)(=O)c2cccc(C(F)(F)F)c2)c1)C(=O)Nc1c(C)cccc1C. The molecule has 0 saturated heterocycles. The second kappa shape index (κ2) is 11.7. The van der Waals surface area contributed by atoms with Crippen molar-refractivity contribution in [2.24, 2.45) is 0 Å². The van der Waals surface area contributed by atoms with E-state index >= 15 is 0 Å². The number of aryl methyl sites for hydroxylation is 2. The van der Waals surface area contributed by atoms with E-state index in [0.29, 0.717) is 17.3 Å². The van der Waals surface area contributed by atoms with Gasteiger partial charge in [-0.15, -0.1) is 0 Å². The van der Waals surface area contributed by atoms with E-state index in [1.165, 1.54) is 30.2 Å². The fourth-order valence-electron chi connectivity index (χ4n) is 3.57. The summed E-state index contributed by atoms with van der Waals surface area (Å²) in [5, 5.41) is 2.91. The molecular weight excluding hydrogens is 509 g/mol. The minimum Gasteiger partial charge on any atom is -0.383 e. The molecule has 0 radical (unpaired) electrons. The zero-order valence-corrected chi connectivity index (χ0v) is 21.3. The molecule has 0 bridgehead atoms. The van der Waals surface area contributed by atoms with Crippen molar-refractivity contribution in [3.63, 3.8) is 0 Å². The Morgan fingerprint density at radius 3 is 2.27 bits per heavy atom. The maximum absolute atomic E-state index is 13.1. The Morgan fingerprint density at radius 1 is 0.973 bits per heavy atom. The lowest BCUT2D eigenvalue weighted by atomic mass is 10.1. The molecule has 3 rings (SSSR count). The lowest BCUT2D eigenvalue weighted by molar-refractivity contribution is -0.137. The molecule has 0 aliphatic heterocycles. The number of methoxy groups -OCH3 is 1. The standard InChI is InChI=1S/C26H27F3N2O5S/c1-18-7-4-8-19(2)24(18)30-25(32)31(13-14-35-3)17-20-9-5-11-22(15-20)36-37(33,34)23-12-6-10-21(16-23)26(27,28)29/h4-12,15-16H,13-14,17H2,1-3H3,(H,30,32). The molecule has 3 aromatic rings. The molecule has 198 valence electrons. The quantitative estimate of drug-likeness (QED) is 0.351. The number of halogens is 3. The number of carbonyl (C=O) groups excluding carboxylic acids is 1. The summed E-state index contributed by atoms with van der Waals surface area (Å²) < 4.78 is 74.6. The monoisotopic (exact) mass is 536 g/mol. The molecule has 0 aliphatic carbocycles. The van der Waals surface area contributed by atoms with Crippen LogP contribution in [0.4, 0.5) is 23.7 Å². The Balaban J connectivity index is 1.80. The molecule has 0 aromatic heterocycles. The van der Waals surface area contributed by atoms with Crippen LogP contribution in [0.15, 0.2) is 71.6 Å².